The van der Waals surface area contributed by atoms with Crippen LogP contribution in [0.4, 0.5) is 13.2 Å². The molecule has 26 heavy (non-hydrogen) atoms. The highest BCUT2D eigenvalue weighted by molar-refractivity contribution is 7.16. The first-order valence-corrected chi connectivity index (χ1v) is 9.05. The number of alkyl halides is 3. The van der Waals surface area contributed by atoms with E-state index in [4.69, 9.17) is 0 Å². The Morgan fingerprint density at radius 2 is 1.92 bits per heavy atom. The predicted octanol–water partition coefficient (Wildman–Crippen LogP) is 5.89. The Hall–Kier alpha value is -1.92. The van der Waals surface area contributed by atoms with Gasteiger partial charge in [-0.2, -0.15) is 13.2 Å². The zero-order chi connectivity index (χ0) is 19.5. The smallest absolute Gasteiger partial charge is 0.392 e. The Bertz CT molecular complexity index is 832. The van der Waals surface area contributed by atoms with E-state index < -0.39 is 11.9 Å². The van der Waals surface area contributed by atoms with Crippen LogP contribution in [0.3, 0.4) is 0 Å². The van der Waals surface area contributed by atoms with Crippen LogP contribution in [0.1, 0.15) is 29.9 Å². The normalized spacial score (nSPS) is 13.6. The van der Waals surface area contributed by atoms with Gasteiger partial charge in [-0.3, -0.25) is 4.99 Å². The van der Waals surface area contributed by atoms with Crippen LogP contribution < -0.4 is 0 Å². The Balaban J connectivity index is 2.43. The van der Waals surface area contributed by atoms with Crippen molar-refractivity contribution in [1.82, 2.24) is 0 Å². The summed E-state index contributed by atoms with van der Waals surface area (Å²) in [6.07, 6.45) is -3.33. The van der Waals surface area contributed by atoms with E-state index in [2.05, 4.69) is 4.99 Å². The minimum atomic E-state index is -4.47. The third-order valence-corrected chi connectivity index (χ3v) is 5.32. The van der Waals surface area contributed by atoms with E-state index >= 15 is 0 Å². The molecular formula is C20H22F3NOS. The first kappa shape index (κ1) is 20.4. The topological polar surface area (TPSA) is 32.6 Å². The van der Waals surface area contributed by atoms with Crippen molar-refractivity contribution in [2.75, 3.05) is 7.05 Å². The monoisotopic (exact) mass is 381 g/mol. The van der Waals surface area contributed by atoms with Gasteiger partial charge in [0, 0.05) is 16.8 Å². The number of aryl methyl sites for hydroxylation is 1. The molecule has 6 heteroatoms. The van der Waals surface area contributed by atoms with Crippen LogP contribution in [0.5, 0.6) is 0 Å². The summed E-state index contributed by atoms with van der Waals surface area (Å²) in [5.41, 5.74) is 2.57. The molecule has 0 atom stereocenters. The van der Waals surface area contributed by atoms with Gasteiger partial charge in [-0.15, -0.1) is 11.3 Å². The second-order valence-electron chi connectivity index (χ2n) is 6.32. The van der Waals surface area contributed by atoms with E-state index in [1.54, 1.807) is 0 Å². The molecule has 2 rings (SSSR count). The molecule has 140 valence electrons. The lowest BCUT2D eigenvalue weighted by Gasteiger charge is -2.12. The van der Waals surface area contributed by atoms with Gasteiger partial charge in [0.05, 0.1) is 6.61 Å². The van der Waals surface area contributed by atoms with Gasteiger partial charge in [0.1, 0.15) is 5.71 Å². The molecule has 0 aliphatic carbocycles. The van der Waals surface area contributed by atoms with Crippen LogP contribution in [0.2, 0.25) is 0 Å². The summed E-state index contributed by atoms with van der Waals surface area (Å²) < 4.78 is 39.2. The molecule has 1 heterocycles. The number of nitrogens with zero attached hydrogens (tertiary/aromatic N) is 1. The first-order chi connectivity index (χ1) is 12.2. The average molecular weight is 381 g/mol. The molecule has 0 spiro atoms. The number of rotatable bonds is 5. The van der Waals surface area contributed by atoms with Gasteiger partial charge >= 0.3 is 6.18 Å². The molecule has 0 saturated heterocycles. The Kier molecular flexibility index (Phi) is 6.42. The van der Waals surface area contributed by atoms with E-state index in [0.29, 0.717) is 5.57 Å². The van der Waals surface area contributed by atoms with Crippen molar-refractivity contribution < 1.29 is 18.3 Å². The number of aliphatic imine (C=N–C) groups is 1. The van der Waals surface area contributed by atoms with Crippen molar-refractivity contribution in [2.45, 2.75) is 33.6 Å². The fourth-order valence-electron chi connectivity index (χ4n) is 2.62. The van der Waals surface area contributed by atoms with Crippen molar-refractivity contribution in [3.63, 3.8) is 0 Å². The van der Waals surface area contributed by atoms with Crippen LogP contribution in [-0.4, -0.2) is 24.0 Å². The highest BCUT2D eigenvalue weighted by Gasteiger charge is 2.34. The van der Waals surface area contributed by atoms with E-state index in [-0.39, 0.29) is 12.5 Å². The van der Waals surface area contributed by atoms with Gasteiger partial charge in [-0.05, 0) is 53.3 Å². The number of halogens is 3. The zero-order valence-electron chi connectivity index (χ0n) is 15.2. The lowest BCUT2D eigenvalue weighted by atomic mass is 9.99. The third-order valence-electron chi connectivity index (χ3n) is 4.13. The van der Waals surface area contributed by atoms with Crippen molar-refractivity contribution in [3.8, 4) is 10.4 Å². The number of thiophene rings is 1. The van der Waals surface area contributed by atoms with Crippen molar-refractivity contribution >= 4 is 22.6 Å². The molecule has 1 aromatic carbocycles. The molecule has 0 radical (unpaired) electrons. The maximum absolute atomic E-state index is 13.1. The number of hydrogen-bond acceptors (Lipinski definition) is 3. The predicted molar refractivity (Wildman–Crippen MR) is 103 cm³/mol. The molecule has 0 aliphatic heterocycles. The summed E-state index contributed by atoms with van der Waals surface area (Å²) in [7, 11) is 1.16. The van der Waals surface area contributed by atoms with Gasteiger partial charge in [0.2, 0.25) is 0 Å². The summed E-state index contributed by atoms with van der Waals surface area (Å²) in [4.78, 5) is 5.17. The summed E-state index contributed by atoms with van der Waals surface area (Å²) in [5.74, 6) is -0.0703. The second-order valence-corrected chi connectivity index (χ2v) is 7.41. The second kappa shape index (κ2) is 8.18. The third kappa shape index (κ3) is 4.62. The average Bonchev–Trinajstić information content (AvgIpc) is 3.03. The van der Waals surface area contributed by atoms with Gasteiger partial charge in [0.15, 0.2) is 0 Å². The number of aliphatic hydroxyl groups is 1. The molecular weight excluding hydrogens is 359 g/mol. The van der Waals surface area contributed by atoms with Crippen LogP contribution in [0.15, 0.2) is 41.4 Å². The van der Waals surface area contributed by atoms with Crippen molar-refractivity contribution in [1.29, 1.82) is 0 Å². The highest BCUT2D eigenvalue weighted by atomic mass is 32.1. The quantitative estimate of drug-likeness (QED) is 0.644. The summed E-state index contributed by atoms with van der Waals surface area (Å²) >= 11 is 1.45. The number of allylic oxidation sites excluding steroid dienone is 2. The number of aliphatic hydroxyl groups excluding tert-OH is 1. The van der Waals surface area contributed by atoms with Crippen LogP contribution in [0, 0.1) is 12.8 Å². The van der Waals surface area contributed by atoms with Gasteiger partial charge in [-0.1, -0.05) is 32.0 Å². The largest absolute Gasteiger partial charge is 0.432 e. The Labute approximate surface area is 155 Å². The standard InChI is InChI=1S/C20H22F3NOS/c1-12(2)16(10-19(24-4)20(21,22)23)18-8-7-17(26-18)14-5-6-15(11-25)13(3)9-14/h5-10,12,25H,11H2,1-4H3/b16-10+,24-19?. The minimum absolute atomic E-state index is 0.0153. The fraction of sp³-hybridized carbons (Fsp3) is 0.350. The number of benzene rings is 1. The molecule has 0 fully saturated rings. The summed E-state index contributed by atoms with van der Waals surface area (Å²) in [6, 6.07) is 9.54. The lowest BCUT2D eigenvalue weighted by molar-refractivity contribution is -0.0577. The Morgan fingerprint density at radius 1 is 1.23 bits per heavy atom. The maximum atomic E-state index is 13.1. The van der Waals surface area contributed by atoms with Crippen molar-refractivity contribution in [3.05, 3.63) is 52.4 Å². The maximum Gasteiger partial charge on any atom is 0.432 e. The molecule has 2 aromatic rings. The van der Waals surface area contributed by atoms with E-state index in [0.717, 1.165) is 39.6 Å². The van der Waals surface area contributed by atoms with Crippen molar-refractivity contribution in [2.24, 2.45) is 10.9 Å². The molecule has 0 unspecified atom stereocenters. The molecule has 2 nitrogen and oxygen atoms in total. The fourth-order valence-corrected chi connectivity index (χ4v) is 3.78. The summed E-state index contributed by atoms with van der Waals surface area (Å²) in [6.45, 7) is 5.65. The van der Waals surface area contributed by atoms with Crippen LogP contribution >= 0.6 is 11.3 Å². The van der Waals surface area contributed by atoms with Crippen LogP contribution in [-0.2, 0) is 6.61 Å². The molecule has 1 N–H and O–H groups in total. The minimum Gasteiger partial charge on any atom is -0.392 e. The first-order valence-electron chi connectivity index (χ1n) is 8.24. The zero-order valence-corrected chi connectivity index (χ0v) is 16.0. The van der Waals surface area contributed by atoms with Gasteiger partial charge in [0.25, 0.3) is 0 Å². The molecule has 0 aliphatic rings. The molecule has 0 amide bonds. The SMILES string of the molecule is CN=C(/C=C(/c1ccc(-c2ccc(CO)c(C)c2)s1)C(C)C)C(F)(F)F. The summed E-state index contributed by atoms with van der Waals surface area (Å²) in [5, 5.41) is 9.28. The molecule has 0 bridgehead atoms. The Morgan fingerprint density at radius 3 is 2.42 bits per heavy atom. The van der Waals surface area contributed by atoms with E-state index in [1.807, 2.05) is 51.1 Å². The van der Waals surface area contributed by atoms with E-state index in [9.17, 15) is 18.3 Å². The van der Waals surface area contributed by atoms with Gasteiger partial charge in [-0.25, -0.2) is 0 Å². The highest BCUT2D eigenvalue weighted by Crippen LogP contribution is 2.36. The lowest BCUT2D eigenvalue weighted by Crippen LogP contribution is -2.21. The van der Waals surface area contributed by atoms with E-state index in [1.165, 1.54) is 11.3 Å². The van der Waals surface area contributed by atoms with Crippen LogP contribution in [0.25, 0.3) is 16.0 Å². The molecule has 0 saturated carbocycles. The van der Waals surface area contributed by atoms with Gasteiger partial charge < -0.3 is 5.11 Å². The molecule has 1 aromatic heterocycles. The number of hydrogen-bond donors (Lipinski definition) is 1.